The van der Waals surface area contributed by atoms with Crippen molar-refractivity contribution < 1.29 is 0 Å². The Bertz CT molecular complexity index is 183. The van der Waals surface area contributed by atoms with Crippen molar-refractivity contribution in [1.82, 2.24) is 4.90 Å². The van der Waals surface area contributed by atoms with Gasteiger partial charge in [-0.25, -0.2) is 0 Å². The molecule has 0 saturated carbocycles. The first-order chi connectivity index (χ1) is 6.33. The molecule has 0 aliphatic carbocycles. The maximum Gasteiger partial charge on any atom is 0.0712 e. The largest absolute Gasteiger partial charge is 0.329 e. The van der Waals surface area contributed by atoms with E-state index in [1.807, 2.05) is 0 Å². The second kappa shape index (κ2) is 5.26. The zero-order valence-corrected chi connectivity index (χ0v) is 8.50. The zero-order chi connectivity index (χ0) is 9.68. The van der Waals surface area contributed by atoms with Crippen LogP contribution in [0, 0.1) is 12.3 Å². The summed E-state index contributed by atoms with van der Waals surface area (Å²) in [7, 11) is 0. The normalized spacial score (nSPS) is 26.7. The van der Waals surface area contributed by atoms with Gasteiger partial charge in [0.1, 0.15) is 0 Å². The molecule has 0 amide bonds. The van der Waals surface area contributed by atoms with Crippen LogP contribution in [0.4, 0.5) is 0 Å². The Morgan fingerprint density at radius 3 is 2.92 bits per heavy atom. The molecule has 0 spiro atoms. The van der Waals surface area contributed by atoms with E-state index in [9.17, 15) is 0 Å². The van der Waals surface area contributed by atoms with Crippen LogP contribution in [0.5, 0.6) is 0 Å². The SMILES string of the molecule is C#CC(CC)N1CCCCC1CN. The van der Waals surface area contributed by atoms with E-state index in [4.69, 9.17) is 12.2 Å². The van der Waals surface area contributed by atoms with Gasteiger partial charge < -0.3 is 5.73 Å². The third-order valence-corrected chi connectivity index (χ3v) is 2.92. The van der Waals surface area contributed by atoms with Gasteiger partial charge in [0, 0.05) is 12.6 Å². The van der Waals surface area contributed by atoms with Gasteiger partial charge >= 0.3 is 0 Å². The molecular formula is C11H20N2. The van der Waals surface area contributed by atoms with Crippen LogP contribution in [0.1, 0.15) is 32.6 Å². The monoisotopic (exact) mass is 180 g/mol. The van der Waals surface area contributed by atoms with Gasteiger partial charge in [-0.05, 0) is 25.8 Å². The number of hydrogen-bond acceptors (Lipinski definition) is 2. The van der Waals surface area contributed by atoms with Crippen molar-refractivity contribution >= 4 is 0 Å². The molecule has 2 N–H and O–H groups in total. The number of rotatable bonds is 3. The third-order valence-electron chi connectivity index (χ3n) is 2.92. The molecule has 1 saturated heterocycles. The van der Waals surface area contributed by atoms with Crippen molar-refractivity contribution in [2.24, 2.45) is 5.73 Å². The smallest absolute Gasteiger partial charge is 0.0712 e. The molecule has 74 valence electrons. The van der Waals surface area contributed by atoms with Crippen molar-refractivity contribution in [2.45, 2.75) is 44.7 Å². The number of nitrogens with two attached hydrogens (primary N) is 1. The van der Waals surface area contributed by atoms with Crippen LogP contribution in [-0.2, 0) is 0 Å². The van der Waals surface area contributed by atoms with E-state index in [1.54, 1.807) is 0 Å². The van der Waals surface area contributed by atoms with Gasteiger partial charge in [-0.2, -0.15) is 0 Å². The van der Waals surface area contributed by atoms with Gasteiger partial charge in [-0.15, -0.1) is 6.42 Å². The molecule has 2 atom stereocenters. The third kappa shape index (κ3) is 2.46. The quantitative estimate of drug-likeness (QED) is 0.662. The van der Waals surface area contributed by atoms with Gasteiger partial charge in [0.25, 0.3) is 0 Å². The summed E-state index contributed by atoms with van der Waals surface area (Å²) >= 11 is 0. The molecule has 0 radical (unpaired) electrons. The summed E-state index contributed by atoms with van der Waals surface area (Å²) in [5, 5.41) is 0. The van der Waals surface area contributed by atoms with Gasteiger partial charge in [0.05, 0.1) is 6.04 Å². The van der Waals surface area contributed by atoms with E-state index < -0.39 is 0 Å². The lowest BCUT2D eigenvalue weighted by Crippen LogP contribution is -2.48. The van der Waals surface area contributed by atoms with E-state index in [0.717, 1.165) is 19.5 Å². The van der Waals surface area contributed by atoms with Gasteiger partial charge in [-0.3, -0.25) is 4.90 Å². The lowest BCUT2D eigenvalue weighted by atomic mass is 9.99. The van der Waals surface area contributed by atoms with Crippen molar-refractivity contribution in [2.75, 3.05) is 13.1 Å². The molecule has 0 aromatic carbocycles. The Balaban J connectivity index is 2.58. The molecule has 1 aliphatic heterocycles. The summed E-state index contributed by atoms with van der Waals surface area (Å²) < 4.78 is 0. The average molecular weight is 180 g/mol. The molecule has 2 unspecified atom stereocenters. The van der Waals surface area contributed by atoms with Crippen LogP contribution in [-0.4, -0.2) is 30.1 Å². The summed E-state index contributed by atoms with van der Waals surface area (Å²) in [6.45, 7) is 4.02. The topological polar surface area (TPSA) is 29.3 Å². The number of likely N-dealkylation sites (tertiary alicyclic amines) is 1. The Morgan fingerprint density at radius 1 is 1.62 bits per heavy atom. The molecular weight excluding hydrogens is 160 g/mol. The Morgan fingerprint density at radius 2 is 2.38 bits per heavy atom. The predicted molar refractivity (Wildman–Crippen MR) is 56.3 cm³/mol. The molecule has 1 heterocycles. The second-order valence-corrected chi connectivity index (χ2v) is 3.71. The Kier molecular flexibility index (Phi) is 4.27. The van der Waals surface area contributed by atoms with Crippen LogP contribution in [0.2, 0.25) is 0 Å². The second-order valence-electron chi connectivity index (χ2n) is 3.71. The van der Waals surface area contributed by atoms with Crippen LogP contribution in [0.15, 0.2) is 0 Å². The highest BCUT2D eigenvalue weighted by atomic mass is 15.2. The number of terminal acetylenes is 1. The fraction of sp³-hybridized carbons (Fsp3) is 0.818. The maximum atomic E-state index is 5.73. The molecule has 1 aliphatic rings. The fourth-order valence-electron chi connectivity index (χ4n) is 2.13. The summed E-state index contributed by atoms with van der Waals surface area (Å²) in [6, 6.07) is 0.823. The fourth-order valence-corrected chi connectivity index (χ4v) is 2.13. The van der Waals surface area contributed by atoms with Crippen molar-refractivity contribution in [3.05, 3.63) is 0 Å². The van der Waals surface area contributed by atoms with Gasteiger partial charge in [0.2, 0.25) is 0 Å². The van der Waals surface area contributed by atoms with Crippen molar-refractivity contribution in [3.8, 4) is 12.3 Å². The molecule has 13 heavy (non-hydrogen) atoms. The van der Waals surface area contributed by atoms with E-state index in [0.29, 0.717) is 12.1 Å². The van der Waals surface area contributed by atoms with E-state index in [2.05, 4.69) is 17.7 Å². The molecule has 0 aromatic heterocycles. The van der Waals surface area contributed by atoms with E-state index >= 15 is 0 Å². The van der Waals surface area contributed by atoms with E-state index in [1.165, 1.54) is 19.3 Å². The van der Waals surface area contributed by atoms with Gasteiger partial charge in [-0.1, -0.05) is 19.3 Å². The minimum atomic E-state index is 0.300. The highest BCUT2D eigenvalue weighted by molar-refractivity contribution is 5.01. The van der Waals surface area contributed by atoms with Crippen molar-refractivity contribution in [3.63, 3.8) is 0 Å². The highest BCUT2D eigenvalue weighted by Gasteiger charge is 2.25. The molecule has 1 rings (SSSR count). The first-order valence-corrected chi connectivity index (χ1v) is 5.25. The predicted octanol–water partition coefficient (Wildman–Crippen LogP) is 1.21. The lowest BCUT2D eigenvalue weighted by molar-refractivity contribution is 0.123. The van der Waals surface area contributed by atoms with Crippen molar-refractivity contribution in [1.29, 1.82) is 0 Å². The van der Waals surface area contributed by atoms with Crippen LogP contribution < -0.4 is 5.73 Å². The Hall–Kier alpha value is -0.520. The zero-order valence-electron chi connectivity index (χ0n) is 8.50. The molecule has 0 aromatic rings. The maximum absolute atomic E-state index is 5.73. The first-order valence-electron chi connectivity index (χ1n) is 5.25. The van der Waals surface area contributed by atoms with Crippen LogP contribution in [0.3, 0.4) is 0 Å². The average Bonchev–Trinajstić information content (AvgIpc) is 2.20. The summed E-state index contributed by atoms with van der Waals surface area (Å²) in [6.07, 6.45) is 10.3. The number of piperidine rings is 1. The molecule has 1 fully saturated rings. The number of nitrogens with zero attached hydrogens (tertiary/aromatic N) is 1. The molecule has 2 nitrogen and oxygen atoms in total. The van der Waals surface area contributed by atoms with Crippen LogP contribution >= 0.6 is 0 Å². The lowest BCUT2D eigenvalue weighted by Gasteiger charge is -2.38. The summed E-state index contributed by atoms with van der Waals surface area (Å²) in [5.74, 6) is 2.86. The standard InChI is InChI=1S/C11H20N2/c1-3-10(4-2)13-8-6-5-7-11(13)9-12/h1,10-11H,4-9,12H2,2H3. The molecule has 0 bridgehead atoms. The van der Waals surface area contributed by atoms with Gasteiger partial charge in [0.15, 0.2) is 0 Å². The van der Waals surface area contributed by atoms with Crippen LogP contribution in [0.25, 0.3) is 0 Å². The molecule has 2 heteroatoms. The number of hydrogen-bond donors (Lipinski definition) is 1. The van der Waals surface area contributed by atoms with E-state index in [-0.39, 0.29) is 0 Å². The summed E-state index contributed by atoms with van der Waals surface area (Å²) in [5.41, 5.74) is 5.73. The summed E-state index contributed by atoms with van der Waals surface area (Å²) in [4.78, 5) is 2.41. The Labute approximate surface area is 81.5 Å². The minimum absolute atomic E-state index is 0.300. The highest BCUT2D eigenvalue weighted by Crippen LogP contribution is 2.19. The first kappa shape index (κ1) is 10.6. The minimum Gasteiger partial charge on any atom is -0.329 e.